The van der Waals surface area contributed by atoms with E-state index in [1.54, 1.807) is 32.0 Å². The number of aromatic nitrogens is 3. The second kappa shape index (κ2) is 9.51. The van der Waals surface area contributed by atoms with Gasteiger partial charge in [0, 0.05) is 10.6 Å². The lowest BCUT2D eigenvalue weighted by molar-refractivity contribution is -0.163. The highest BCUT2D eigenvalue weighted by Crippen LogP contribution is 2.38. The Labute approximate surface area is 217 Å². The number of carboxylic acids is 1. The van der Waals surface area contributed by atoms with Crippen LogP contribution in [0.3, 0.4) is 0 Å². The van der Waals surface area contributed by atoms with Crippen LogP contribution in [0.4, 0.5) is 10.5 Å². The normalized spacial score (nSPS) is 15.0. The van der Waals surface area contributed by atoms with Gasteiger partial charge in [0.25, 0.3) is 0 Å². The summed E-state index contributed by atoms with van der Waals surface area (Å²) in [6.07, 6.45) is -1.29. The predicted molar refractivity (Wildman–Crippen MR) is 133 cm³/mol. The van der Waals surface area contributed by atoms with E-state index in [4.69, 9.17) is 25.6 Å². The van der Waals surface area contributed by atoms with Crippen LogP contribution in [0.15, 0.2) is 28.8 Å². The van der Waals surface area contributed by atoms with Gasteiger partial charge >= 0.3 is 12.1 Å². The molecular weight excluding hydrogens is 528 g/mol. The number of hydrogen-bond acceptors (Lipinski definition) is 10. The molecule has 1 aliphatic rings. The number of carboxylic acid groups (broad SMARTS) is 1. The topological polar surface area (TPSA) is 137 Å². The summed E-state index contributed by atoms with van der Waals surface area (Å²) in [5.41, 5.74) is 0.282. The SMILES string of the molecule is Cc1noc(C#Cc2nc3sc(C4(C(=O)O)COC4)nc3s2)c1NC(=O)OC(C)c1ccccc1Cl. The molecular formula is C23H17ClN4O6S2. The third-order valence-corrected chi connectivity index (χ3v) is 7.98. The van der Waals surface area contributed by atoms with Gasteiger partial charge in [0.1, 0.15) is 22.5 Å². The molecule has 10 nitrogen and oxygen atoms in total. The van der Waals surface area contributed by atoms with Gasteiger partial charge in [-0.1, -0.05) is 57.6 Å². The molecule has 3 aromatic heterocycles. The smallest absolute Gasteiger partial charge is 0.412 e. The summed E-state index contributed by atoms with van der Waals surface area (Å²) in [5, 5.41) is 17.5. The average Bonchev–Trinajstić information content (AvgIpc) is 3.45. The van der Waals surface area contributed by atoms with Crippen LogP contribution in [-0.2, 0) is 19.7 Å². The lowest BCUT2D eigenvalue weighted by atomic mass is 9.87. The van der Waals surface area contributed by atoms with Crippen molar-refractivity contribution in [1.82, 2.24) is 15.1 Å². The fourth-order valence-corrected chi connectivity index (χ4v) is 5.75. The Hall–Kier alpha value is -3.50. The maximum atomic E-state index is 12.5. The van der Waals surface area contributed by atoms with E-state index in [0.29, 0.717) is 36.0 Å². The van der Waals surface area contributed by atoms with Crippen LogP contribution in [0.25, 0.3) is 9.66 Å². The molecule has 1 unspecified atom stereocenters. The van der Waals surface area contributed by atoms with Crippen molar-refractivity contribution in [2.75, 3.05) is 18.5 Å². The van der Waals surface area contributed by atoms with E-state index in [-0.39, 0.29) is 24.7 Å². The molecule has 1 saturated heterocycles. The standard InChI is InChI=1S/C23H17ClN4O6S2/c1-11-17(26-22(31)33-12(2)13-5-3-4-6-14(13)24)15(34-28-11)7-8-16-25-18-19(35-16)27-20(36-18)23(21(29)30)9-32-10-23/h3-6,12H,9-10H2,1-2H3,(H,26,31)(H,29,30). The molecule has 0 aliphatic carbocycles. The average molecular weight is 545 g/mol. The van der Waals surface area contributed by atoms with Crippen molar-refractivity contribution >= 4 is 61.7 Å². The zero-order valence-corrected chi connectivity index (χ0v) is 21.2. The van der Waals surface area contributed by atoms with Gasteiger partial charge in [0.15, 0.2) is 20.1 Å². The largest absolute Gasteiger partial charge is 0.480 e. The lowest BCUT2D eigenvalue weighted by Gasteiger charge is -2.35. The number of rotatable bonds is 5. The van der Waals surface area contributed by atoms with E-state index in [0.717, 1.165) is 0 Å². The van der Waals surface area contributed by atoms with E-state index in [1.807, 2.05) is 6.07 Å². The summed E-state index contributed by atoms with van der Waals surface area (Å²) < 4.78 is 15.8. The minimum atomic E-state index is -1.10. The maximum absolute atomic E-state index is 12.5. The summed E-state index contributed by atoms with van der Waals surface area (Å²) in [6, 6.07) is 7.10. The summed E-state index contributed by atoms with van der Waals surface area (Å²) in [5.74, 6) is 4.89. The van der Waals surface area contributed by atoms with Gasteiger partial charge in [-0.25, -0.2) is 14.8 Å². The summed E-state index contributed by atoms with van der Waals surface area (Å²) in [7, 11) is 0. The molecule has 1 amide bonds. The minimum Gasteiger partial charge on any atom is -0.480 e. The molecule has 36 heavy (non-hydrogen) atoms. The van der Waals surface area contributed by atoms with E-state index < -0.39 is 23.6 Å². The quantitative estimate of drug-likeness (QED) is 0.340. The van der Waals surface area contributed by atoms with Crippen molar-refractivity contribution in [3.05, 3.63) is 56.3 Å². The minimum absolute atomic E-state index is 0.0932. The number of hydrogen-bond donors (Lipinski definition) is 2. The Bertz CT molecular complexity index is 1510. The van der Waals surface area contributed by atoms with Gasteiger partial charge in [0.2, 0.25) is 5.76 Å². The zero-order valence-electron chi connectivity index (χ0n) is 18.8. The molecule has 4 aromatic rings. The third kappa shape index (κ3) is 4.42. The number of nitrogens with one attached hydrogen (secondary N) is 1. The number of aliphatic carboxylic acids is 1. The second-order valence-electron chi connectivity index (χ2n) is 7.94. The van der Waals surface area contributed by atoms with Crippen molar-refractivity contribution in [2.24, 2.45) is 0 Å². The Morgan fingerprint density at radius 2 is 1.97 bits per heavy atom. The second-order valence-corrected chi connectivity index (χ2v) is 10.3. The van der Waals surface area contributed by atoms with Crippen molar-refractivity contribution in [3.8, 4) is 11.8 Å². The number of benzene rings is 1. The summed E-state index contributed by atoms with van der Waals surface area (Å²) >= 11 is 8.62. The Morgan fingerprint density at radius 3 is 2.64 bits per heavy atom. The molecule has 0 bridgehead atoms. The summed E-state index contributed by atoms with van der Waals surface area (Å²) in [4.78, 5) is 34.2. The molecule has 0 saturated carbocycles. The first-order valence-electron chi connectivity index (χ1n) is 10.6. The highest BCUT2D eigenvalue weighted by molar-refractivity contribution is 7.26. The molecule has 1 fully saturated rings. The number of carbonyl (C=O) groups is 2. The number of anilines is 1. The van der Waals surface area contributed by atoms with E-state index >= 15 is 0 Å². The molecule has 5 rings (SSSR count). The fourth-order valence-electron chi connectivity index (χ4n) is 3.42. The van der Waals surface area contributed by atoms with Crippen molar-refractivity contribution in [2.45, 2.75) is 25.4 Å². The van der Waals surface area contributed by atoms with Crippen LogP contribution in [0.5, 0.6) is 0 Å². The number of fused-ring (bicyclic) bond motifs is 1. The Kier molecular flexibility index (Phi) is 6.40. The Morgan fingerprint density at radius 1 is 1.22 bits per heavy atom. The fraction of sp³-hybridized carbons (Fsp3) is 0.261. The van der Waals surface area contributed by atoms with E-state index in [2.05, 4.69) is 32.3 Å². The highest BCUT2D eigenvalue weighted by Gasteiger charge is 2.50. The van der Waals surface area contributed by atoms with Crippen LogP contribution in [0.1, 0.15) is 40.1 Å². The molecule has 4 heterocycles. The maximum Gasteiger partial charge on any atom is 0.412 e. The van der Waals surface area contributed by atoms with Gasteiger partial charge in [0.05, 0.1) is 13.2 Å². The van der Waals surface area contributed by atoms with Crippen molar-refractivity contribution in [1.29, 1.82) is 0 Å². The Balaban J connectivity index is 1.31. The molecule has 0 radical (unpaired) electrons. The number of nitrogens with zero attached hydrogens (tertiary/aromatic N) is 3. The van der Waals surface area contributed by atoms with Crippen LogP contribution >= 0.6 is 34.3 Å². The third-order valence-electron chi connectivity index (χ3n) is 5.49. The van der Waals surface area contributed by atoms with Crippen molar-refractivity contribution in [3.63, 3.8) is 0 Å². The van der Waals surface area contributed by atoms with Gasteiger partial charge < -0.3 is 19.1 Å². The monoisotopic (exact) mass is 544 g/mol. The van der Waals surface area contributed by atoms with Crippen LogP contribution in [-0.4, -0.2) is 45.5 Å². The van der Waals surface area contributed by atoms with E-state index in [1.165, 1.54) is 22.7 Å². The number of halogens is 1. The number of thiazole rings is 2. The molecule has 1 aliphatic heterocycles. The predicted octanol–water partition coefficient (Wildman–Crippen LogP) is 4.76. The molecule has 0 spiro atoms. The van der Waals surface area contributed by atoms with Crippen LogP contribution in [0.2, 0.25) is 5.02 Å². The van der Waals surface area contributed by atoms with Crippen molar-refractivity contribution < 1.29 is 28.7 Å². The van der Waals surface area contributed by atoms with Crippen LogP contribution < -0.4 is 5.32 Å². The molecule has 1 aromatic carbocycles. The molecule has 1 atom stereocenters. The zero-order chi connectivity index (χ0) is 25.4. The highest BCUT2D eigenvalue weighted by atomic mass is 35.5. The van der Waals surface area contributed by atoms with E-state index in [9.17, 15) is 14.7 Å². The summed E-state index contributed by atoms with van der Waals surface area (Å²) in [6.45, 7) is 3.56. The van der Waals surface area contributed by atoms with Crippen LogP contribution in [0, 0.1) is 18.8 Å². The van der Waals surface area contributed by atoms with Gasteiger partial charge in [-0.05, 0) is 31.8 Å². The number of carbonyl (C=O) groups excluding carboxylic acids is 1. The number of aryl methyl sites for hydroxylation is 1. The first-order valence-corrected chi connectivity index (χ1v) is 12.6. The molecule has 184 valence electrons. The molecule has 2 N–H and O–H groups in total. The lowest BCUT2D eigenvalue weighted by Crippen LogP contribution is -2.52. The van der Waals surface area contributed by atoms with Gasteiger partial charge in [-0.15, -0.1) is 0 Å². The molecule has 13 heteroatoms. The van der Waals surface area contributed by atoms with Gasteiger partial charge in [-0.2, -0.15) is 0 Å². The van der Waals surface area contributed by atoms with Gasteiger partial charge in [-0.3, -0.25) is 10.1 Å². The number of amides is 1. The first-order chi connectivity index (χ1) is 17.3. The number of ether oxygens (including phenoxy) is 2. The first kappa shape index (κ1) is 24.2.